The van der Waals surface area contributed by atoms with Crippen molar-refractivity contribution in [2.75, 3.05) is 11.6 Å². The lowest BCUT2D eigenvalue weighted by Crippen LogP contribution is -2.27. The molecule has 3 nitrogen and oxygen atoms in total. The number of sulfonamides is 1. The van der Waals surface area contributed by atoms with E-state index in [9.17, 15) is 8.42 Å². The van der Waals surface area contributed by atoms with E-state index in [0.717, 1.165) is 17.5 Å². The lowest BCUT2D eigenvalue weighted by Gasteiger charge is -2.09. The highest BCUT2D eigenvalue weighted by atomic mass is 35.5. The summed E-state index contributed by atoms with van der Waals surface area (Å²) in [6, 6.07) is 7.80. The number of rotatable bonds is 6. The zero-order chi connectivity index (χ0) is 12.0. The average molecular weight is 262 g/mol. The Balaban J connectivity index is 2.68. The maximum atomic E-state index is 11.4. The fraction of sp³-hybridized carbons (Fsp3) is 0.455. The SMILES string of the molecule is CCc1ccccc1CNS(=O)(=O)CCCl. The third-order valence-electron chi connectivity index (χ3n) is 2.33. The normalized spacial score (nSPS) is 11.6. The van der Waals surface area contributed by atoms with Gasteiger partial charge in [0.2, 0.25) is 10.0 Å². The van der Waals surface area contributed by atoms with Crippen LogP contribution in [-0.4, -0.2) is 20.1 Å². The Labute approximate surface area is 102 Å². The summed E-state index contributed by atoms with van der Waals surface area (Å²) < 4.78 is 25.4. The predicted molar refractivity (Wildman–Crippen MR) is 67.2 cm³/mol. The van der Waals surface area contributed by atoms with E-state index in [1.807, 2.05) is 31.2 Å². The quantitative estimate of drug-likeness (QED) is 0.795. The van der Waals surface area contributed by atoms with Crippen molar-refractivity contribution in [3.8, 4) is 0 Å². The maximum absolute atomic E-state index is 11.4. The van der Waals surface area contributed by atoms with E-state index in [0.29, 0.717) is 6.54 Å². The Morgan fingerprint density at radius 2 is 1.88 bits per heavy atom. The number of hydrogen-bond donors (Lipinski definition) is 1. The summed E-state index contributed by atoms with van der Waals surface area (Å²) in [5.74, 6) is 0.0770. The topological polar surface area (TPSA) is 46.2 Å². The Morgan fingerprint density at radius 3 is 2.44 bits per heavy atom. The first kappa shape index (κ1) is 13.5. The number of nitrogens with one attached hydrogen (secondary N) is 1. The molecule has 1 aromatic rings. The summed E-state index contributed by atoms with van der Waals surface area (Å²) in [7, 11) is -3.24. The second-order valence-corrected chi connectivity index (χ2v) is 5.76. The Hall–Kier alpha value is -0.580. The second kappa shape index (κ2) is 6.23. The molecule has 0 saturated heterocycles. The van der Waals surface area contributed by atoms with E-state index >= 15 is 0 Å². The monoisotopic (exact) mass is 261 g/mol. The Morgan fingerprint density at radius 1 is 1.25 bits per heavy atom. The van der Waals surface area contributed by atoms with Crippen molar-refractivity contribution in [3.63, 3.8) is 0 Å². The van der Waals surface area contributed by atoms with Crippen molar-refractivity contribution in [1.29, 1.82) is 0 Å². The van der Waals surface area contributed by atoms with Gasteiger partial charge in [0.15, 0.2) is 0 Å². The third-order valence-corrected chi connectivity index (χ3v) is 4.07. The summed E-state index contributed by atoms with van der Waals surface area (Å²) in [4.78, 5) is 0. The number of benzene rings is 1. The molecule has 0 aliphatic carbocycles. The molecule has 5 heteroatoms. The van der Waals surface area contributed by atoms with E-state index in [1.165, 1.54) is 0 Å². The molecule has 0 aromatic heterocycles. The molecular formula is C11H16ClNO2S. The zero-order valence-electron chi connectivity index (χ0n) is 9.24. The molecule has 0 saturated carbocycles. The lowest BCUT2D eigenvalue weighted by molar-refractivity contribution is 0.582. The first-order chi connectivity index (χ1) is 7.59. The maximum Gasteiger partial charge on any atom is 0.213 e. The second-order valence-electron chi connectivity index (χ2n) is 3.45. The molecule has 16 heavy (non-hydrogen) atoms. The standard InChI is InChI=1S/C11H16ClNO2S/c1-2-10-5-3-4-6-11(10)9-13-16(14,15)8-7-12/h3-6,13H,2,7-9H2,1H3. The molecule has 1 aromatic carbocycles. The molecule has 0 radical (unpaired) electrons. The van der Waals surface area contributed by atoms with E-state index in [1.54, 1.807) is 0 Å². The van der Waals surface area contributed by atoms with Crippen molar-refractivity contribution in [2.45, 2.75) is 19.9 Å². The van der Waals surface area contributed by atoms with Gasteiger partial charge in [-0.15, -0.1) is 11.6 Å². The van der Waals surface area contributed by atoms with Crippen LogP contribution in [0.4, 0.5) is 0 Å². The average Bonchev–Trinajstić information content (AvgIpc) is 2.27. The van der Waals surface area contributed by atoms with Gasteiger partial charge < -0.3 is 0 Å². The van der Waals surface area contributed by atoms with Crippen LogP contribution >= 0.6 is 11.6 Å². The smallest absolute Gasteiger partial charge is 0.212 e. The highest BCUT2D eigenvalue weighted by Crippen LogP contribution is 2.09. The van der Waals surface area contributed by atoms with Gasteiger partial charge in [0.1, 0.15) is 0 Å². The zero-order valence-corrected chi connectivity index (χ0v) is 10.8. The highest BCUT2D eigenvalue weighted by molar-refractivity contribution is 7.89. The summed E-state index contributed by atoms with van der Waals surface area (Å²) in [5.41, 5.74) is 2.18. The Bertz CT molecular complexity index is 431. The number of aryl methyl sites for hydroxylation is 1. The third kappa shape index (κ3) is 4.12. The van der Waals surface area contributed by atoms with E-state index in [4.69, 9.17) is 11.6 Å². The Kier molecular flexibility index (Phi) is 5.25. The summed E-state index contributed by atoms with van der Waals surface area (Å²) >= 11 is 5.41. The van der Waals surface area contributed by atoms with Gasteiger partial charge in [0.25, 0.3) is 0 Å². The van der Waals surface area contributed by atoms with E-state index < -0.39 is 10.0 Å². The molecule has 1 N–H and O–H groups in total. The van der Waals surface area contributed by atoms with Crippen molar-refractivity contribution < 1.29 is 8.42 Å². The fourth-order valence-electron chi connectivity index (χ4n) is 1.44. The molecule has 0 aliphatic rings. The van der Waals surface area contributed by atoms with Gasteiger partial charge in [-0.1, -0.05) is 31.2 Å². The van der Waals surface area contributed by atoms with E-state index in [-0.39, 0.29) is 11.6 Å². The van der Waals surface area contributed by atoms with Gasteiger partial charge in [0, 0.05) is 12.4 Å². The molecule has 0 unspecified atom stereocenters. The van der Waals surface area contributed by atoms with Gasteiger partial charge in [0.05, 0.1) is 5.75 Å². The van der Waals surface area contributed by atoms with Crippen LogP contribution in [0.5, 0.6) is 0 Å². The largest absolute Gasteiger partial charge is 0.213 e. The van der Waals surface area contributed by atoms with Crippen molar-refractivity contribution in [2.24, 2.45) is 0 Å². The molecule has 0 aliphatic heterocycles. The van der Waals surface area contributed by atoms with Gasteiger partial charge in [-0.2, -0.15) is 0 Å². The predicted octanol–water partition coefficient (Wildman–Crippen LogP) is 1.91. The molecule has 90 valence electrons. The minimum Gasteiger partial charge on any atom is -0.212 e. The molecule has 0 spiro atoms. The minimum absolute atomic E-state index is 0.0388. The van der Waals surface area contributed by atoms with Crippen LogP contribution in [0.3, 0.4) is 0 Å². The summed E-state index contributed by atoms with van der Waals surface area (Å²) in [5, 5.41) is 0. The van der Waals surface area contributed by atoms with Crippen molar-refractivity contribution in [3.05, 3.63) is 35.4 Å². The van der Waals surface area contributed by atoms with E-state index in [2.05, 4.69) is 4.72 Å². The first-order valence-electron chi connectivity index (χ1n) is 5.19. The molecular weight excluding hydrogens is 246 g/mol. The van der Waals surface area contributed by atoms with Crippen LogP contribution in [0.15, 0.2) is 24.3 Å². The first-order valence-corrected chi connectivity index (χ1v) is 7.38. The molecule has 0 fully saturated rings. The molecule has 0 atom stereocenters. The summed E-state index contributed by atoms with van der Waals surface area (Å²) in [6.45, 7) is 2.38. The summed E-state index contributed by atoms with van der Waals surface area (Å²) in [6.07, 6.45) is 0.896. The van der Waals surface area contributed by atoms with Gasteiger partial charge in [-0.3, -0.25) is 0 Å². The lowest BCUT2D eigenvalue weighted by atomic mass is 10.1. The van der Waals surface area contributed by atoms with Gasteiger partial charge in [-0.05, 0) is 17.5 Å². The molecule has 0 heterocycles. The van der Waals surface area contributed by atoms with Crippen molar-refractivity contribution in [1.82, 2.24) is 4.72 Å². The minimum atomic E-state index is -3.24. The van der Waals surface area contributed by atoms with Crippen LogP contribution in [0.1, 0.15) is 18.1 Å². The van der Waals surface area contributed by atoms with Crippen LogP contribution in [0.2, 0.25) is 0 Å². The number of halogens is 1. The van der Waals surface area contributed by atoms with Crippen LogP contribution in [0.25, 0.3) is 0 Å². The molecule has 1 rings (SSSR count). The highest BCUT2D eigenvalue weighted by Gasteiger charge is 2.09. The van der Waals surface area contributed by atoms with Crippen LogP contribution in [0, 0.1) is 0 Å². The van der Waals surface area contributed by atoms with Gasteiger partial charge in [-0.25, -0.2) is 13.1 Å². The molecule has 0 amide bonds. The van der Waals surface area contributed by atoms with Crippen LogP contribution in [-0.2, 0) is 23.0 Å². The number of alkyl halides is 1. The fourth-order valence-corrected chi connectivity index (χ4v) is 2.77. The number of hydrogen-bond acceptors (Lipinski definition) is 2. The van der Waals surface area contributed by atoms with Crippen molar-refractivity contribution >= 4 is 21.6 Å². The van der Waals surface area contributed by atoms with Crippen LogP contribution < -0.4 is 4.72 Å². The van der Waals surface area contributed by atoms with Gasteiger partial charge >= 0.3 is 0 Å². The molecule has 0 bridgehead atoms.